The van der Waals surface area contributed by atoms with Crippen LogP contribution in [0.1, 0.15) is 49.3 Å². The van der Waals surface area contributed by atoms with E-state index < -0.39 is 0 Å². The lowest BCUT2D eigenvalue weighted by atomic mass is 9.94. The van der Waals surface area contributed by atoms with Gasteiger partial charge in [0.2, 0.25) is 0 Å². The van der Waals surface area contributed by atoms with Gasteiger partial charge < -0.3 is 0 Å². The predicted octanol–water partition coefficient (Wildman–Crippen LogP) is 5.84. The Morgan fingerprint density at radius 2 is 1.69 bits per heavy atom. The normalized spacial score (nSPS) is 15.5. The Hall–Kier alpha value is -2.13. The first-order valence-electron chi connectivity index (χ1n) is 9.34. The number of aryl methyl sites for hydroxylation is 2. The maximum absolute atomic E-state index is 13.4. The molecular weight excluding hydrogens is 344 g/mol. The van der Waals surface area contributed by atoms with Gasteiger partial charge in [-0.05, 0) is 62.1 Å². The molecule has 3 aromatic rings. The number of hydrogen-bond acceptors (Lipinski definition) is 2. The smallest absolute Gasteiger partial charge is 0.261 e. The van der Waals surface area contributed by atoms with Crippen LogP contribution in [0.3, 0.4) is 0 Å². The van der Waals surface area contributed by atoms with E-state index in [-0.39, 0.29) is 11.6 Å². The molecule has 26 heavy (non-hydrogen) atoms. The van der Waals surface area contributed by atoms with Crippen molar-refractivity contribution in [2.75, 3.05) is 0 Å². The Balaban J connectivity index is 2.03. The molecule has 1 aromatic heterocycles. The summed E-state index contributed by atoms with van der Waals surface area (Å²) in [5.41, 5.74) is 3.83. The minimum absolute atomic E-state index is 0.0496. The summed E-state index contributed by atoms with van der Waals surface area (Å²) in [4.78, 5) is 18.3. The van der Waals surface area contributed by atoms with Gasteiger partial charge in [0.1, 0.15) is 5.82 Å². The highest BCUT2D eigenvalue weighted by Gasteiger charge is 2.23. The van der Waals surface area contributed by atoms with Gasteiger partial charge >= 0.3 is 0 Å². The van der Waals surface area contributed by atoms with Crippen molar-refractivity contribution in [2.24, 2.45) is 0 Å². The maximum atomic E-state index is 13.4. The van der Waals surface area contributed by atoms with E-state index in [1.807, 2.05) is 54.8 Å². The molecule has 0 bridgehead atoms. The van der Waals surface area contributed by atoms with Crippen LogP contribution in [0, 0.1) is 13.8 Å². The molecule has 1 saturated carbocycles. The van der Waals surface area contributed by atoms with Gasteiger partial charge in [0, 0.05) is 11.6 Å². The largest absolute Gasteiger partial charge is 0.289 e. The molecule has 3 nitrogen and oxygen atoms in total. The zero-order valence-electron chi connectivity index (χ0n) is 15.3. The number of halogens is 1. The molecule has 4 heteroatoms. The predicted molar refractivity (Wildman–Crippen MR) is 108 cm³/mol. The van der Waals surface area contributed by atoms with Crippen molar-refractivity contribution >= 4 is 22.5 Å². The van der Waals surface area contributed by atoms with E-state index in [0.717, 1.165) is 47.9 Å². The van der Waals surface area contributed by atoms with E-state index in [1.165, 1.54) is 6.42 Å². The number of rotatable bonds is 2. The maximum Gasteiger partial charge on any atom is 0.261 e. The number of fused-ring (bicyclic) bond motifs is 1. The van der Waals surface area contributed by atoms with Crippen molar-refractivity contribution in [3.05, 3.63) is 62.9 Å². The highest BCUT2D eigenvalue weighted by Crippen LogP contribution is 2.34. The molecule has 0 amide bonds. The number of benzene rings is 2. The molecule has 2 aromatic carbocycles. The Kier molecular flexibility index (Phi) is 4.58. The van der Waals surface area contributed by atoms with E-state index in [1.54, 1.807) is 0 Å². The Labute approximate surface area is 158 Å². The second-order valence-electron chi connectivity index (χ2n) is 7.41. The van der Waals surface area contributed by atoms with Gasteiger partial charge in [0.05, 0.1) is 15.9 Å². The fourth-order valence-electron chi connectivity index (χ4n) is 3.98. The van der Waals surface area contributed by atoms with Gasteiger partial charge in [-0.15, -0.1) is 0 Å². The zero-order chi connectivity index (χ0) is 18.3. The minimum atomic E-state index is 0.0496. The summed E-state index contributed by atoms with van der Waals surface area (Å²) in [6, 6.07) is 12.0. The van der Waals surface area contributed by atoms with Gasteiger partial charge in [-0.25, -0.2) is 4.98 Å². The van der Waals surface area contributed by atoms with Crippen molar-refractivity contribution in [3.63, 3.8) is 0 Å². The van der Waals surface area contributed by atoms with Crippen LogP contribution >= 0.6 is 11.6 Å². The molecule has 0 saturated heterocycles. The lowest BCUT2D eigenvalue weighted by Crippen LogP contribution is -2.29. The fourth-order valence-corrected chi connectivity index (χ4v) is 4.30. The Bertz CT molecular complexity index is 1030. The average Bonchev–Trinajstić information content (AvgIpc) is 2.62. The summed E-state index contributed by atoms with van der Waals surface area (Å²) in [6.07, 6.45) is 5.60. The lowest BCUT2D eigenvalue weighted by Gasteiger charge is -2.27. The van der Waals surface area contributed by atoms with Crippen molar-refractivity contribution < 1.29 is 0 Å². The first kappa shape index (κ1) is 17.3. The van der Waals surface area contributed by atoms with Gasteiger partial charge in [-0.2, -0.15) is 0 Å². The van der Waals surface area contributed by atoms with Crippen molar-refractivity contribution in [3.8, 4) is 11.4 Å². The monoisotopic (exact) mass is 366 g/mol. The van der Waals surface area contributed by atoms with E-state index in [2.05, 4.69) is 0 Å². The molecule has 0 aliphatic heterocycles. The molecule has 0 radical (unpaired) electrons. The molecule has 4 rings (SSSR count). The quantitative estimate of drug-likeness (QED) is 0.571. The van der Waals surface area contributed by atoms with E-state index in [0.29, 0.717) is 16.2 Å². The van der Waals surface area contributed by atoms with E-state index in [9.17, 15) is 4.79 Å². The Morgan fingerprint density at radius 3 is 2.42 bits per heavy atom. The molecular formula is C22H23ClN2O. The Morgan fingerprint density at radius 1 is 1.00 bits per heavy atom. The van der Waals surface area contributed by atoms with Crippen LogP contribution in [0.2, 0.25) is 5.02 Å². The van der Waals surface area contributed by atoms with Gasteiger partial charge in [-0.1, -0.05) is 43.0 Å². The summed E-state index contributed by atoms with van der Waals surface area (Å²) in [5.74, 6) is 0.699. The van der Waals surface area contributed by atoms with Crippen LogP contribution in [-0.4, -0.2) is 9.55 Å². The molecule has 0 atom stereocenters. The number of nitrogens with zero attached hydrogens (tertiary/aromatic N) is 2. The second-order valence-corrected chi connectivity index (χ2v) is 7.81. The molecule has 0 spiro atoms. The summed E-state index contributed by atoms with van der Waals surface area (Å²) in [6.45, 7) is 4.04. The highest BCUT2D eigenvalue weighted by molar-refractivity contribution is 6.33. The number of hydrogen-bond donors (Lipinski definition) is 0. The second kappa shape index (κ2) is 6.88. The topological polar surface area (TPSA) is 34.9 Å². The number of aromatic nitrogens is 2. The summed E-state index contributed by atoms with van der Waals surface area (Å²) < 4.78 is 1.91. The lowest BCUT2D eigenvalue weighted by molar-refractivity contribution is 0.348. The van der Waals surface area contributed by atoms with Gasteiger partial charge in [0.15, 0.2) is 0 Å². The molecule has 0 unspecified atom stereocenters. The zero-order valence-corrected chi connectivity index (χ0v) is 16.0. The molecule has 0 N–H and O–H groups in total. The molecule has 1 aliphatic rings. The van der Waals surface area contributed by atoms with Gasteiger partial charge in [-0.3, -0.25) is 9.36 Å². The van der Waals surface area contributed by atoms with E-state index in [4.69, 9.17) is 16.6 Å². The first-order valence-corrected chi connectivity index (χ1v) is 9.72. The van der Waals surface area contributed by atoms with Crippen molar-refractivity contribution in [1.29, 1.82) is 0 Å². The SMILES string of the molecule is Cc1ccc(-c2nc3cc(C)ccc3c(=O)n2C2CCCCC2)c(Cl)c1. The minimum Gasteiger partial charge on any atom is -0.289 e. The third kappa shape index (κ3) is 3.05. The standard InChI is InChI=1S/C22H23ClN2O/c1-14-8-10-17(19(23)12-14)21-24-20-13-15(2)9-11-18(20)22(26)25(21)16-6-4-3-5-7-16/h8-13,16H,3-7H2,1-2H3. The van der Waals surface area contributed by atoms with Crippen LogP contribution < -0.4 is 5.56 Å². The van der Waals surface area contributed by atoms with Crippen LogP contribution in [0.15, 0.2) is 41.2 Å². The van der Waals surface area contributed by atoms with Crippen molar-refractivity contribution in [2.45, 2.75) is 52.0 Å². The highest BCUT2D eigenvalue weighted by atomic mass is 35.5. The molecule has 1 heterocycles. The first-order chi connectivity index (χ1) is 12.5. The third-order valence-corrected chi connectivity index (χ3v) is 5.68. The van der Waals surface area contributed by atoms with E-state index >= 15 is 0 Å². The van der Waals surface area contributed by atoms with Crippen LogP contribution in [0.25, 0.3) is 22.3 Å². The van der Waals surface area contributed by atoms with Gasteiger partial charge in [0.25, 0.3) is 5.56 Å². The summed E-state index contributed by atoms with van der Waals surface area (Å²) in [5, 5.41) is 1.33. The molecule has 1 aliphatic carbocycles. The average molecular weight is 367 g/mol. The molecule has 1 fully saturated rings. The van der Waals surface area contributed by atoms with Crippen LogP contribution in [0.4, 0.5) is 0 Å². The third-order valence-electron chi connectivity index (χ3n) is 5.36. The van der Waals surface area contributed by atoms with Crippen LogP contribution in [-0.2, 0) is 0 Å². The molecule has 134 valence electrons. The summed E-state index contributed by atoms with van der Waals surface area (Å²) in [7, 11) is 0. The summed E-state index contributed by atoms with van der Waals surface area (Å²) >= 11 is 6.55. The van der Waals surface area contributed by atoms with Crippen LogP contribution in [0.5, 0.6) is 0 Å². The fraction of sp³-hybridized carbons (Fsp3) is 0.364. The van der Waals surface area contributed by atoms with Crippen molar-refractivity contribution in [1.82, 2.24) is 9.55 Å².